The molecule has 0 radical (unpaired) electrons. The zero-order valence-electron chi connectivity index (χ0n) is 33.0. The average molecular weight is 753 g/mol. The first-order valence-electron chi connectivity index (χ1n) is 20.6. The van der Waals surface area contributed by atoms with Crippen LogP contribution in [0, 0.1) is 0 Å². The molecule has 9 aromatic rings. The second-order valence-electron chi connectivity index (χ2n) is 16.6. The van der Waals surface area contributed by atoms with Crippen molar-refractivity contribution in [2.24, 2.45) is 0 Å². The van der Waals surface area contributed by atoms with Crippen molar-refractivity contribution in [3.63, 3.8) is 0 Å². The Hall–Kier alpha value is -7.29. The lowest BCUT2D eigenvalue weighted by atomic mass is 9.70. The highest BCUT2D eigenvalue weighted by Crippen LogP contribution is 2.64. The number of pyridine rings is 1. The van der Waals surface area contributed by atoms with Crippen LogP contribution in [0.2, 0.25) is 0 Å². The molecule has 12 rings (SSSR count). The molecule has 1 aromatic heterocycles. The first kappa shape index (κ1) is 33.8. The predicted molar refractivity (Wildman–Crippen MR) is 244 cm³/mol. The van der Waals surface area contributed by atoms with E-state index in [9.17, 15) is 0 Å². The van der Waals surface area contributed by atoms with E-state index in [1.54, 1.807) is 0 Å². The first-order chi connectivity index (χ1) is 29.0. The molecule has 2 aliphatic carbocycles. The maximum absolute atomic E-state index is 5.57. The zero-order chi connectivity index (χ0) is 39.3. The van der Waals surface area contributed by atoms with Gasteiger partial charge in [-0.15, -0.1) is 0 Å². The molecule has 278 valence electrons. The number of aromatic nitrogens is 1. The van der Waals surface area contributed by atoms with Gasteiger partial charge in [0.1, 0.15) is 0 Å². The maximum atomic E-state index is 5.57. The fourth-order valence-electron chi connectivity index (χ4n) is 10.7. The third-order valence-electron chi connectivity index (χ3n) is 13.3. The zero-order valence-corrected chi connectivity index (χ0v) is 33.0. The van der Waals surface area contributed by atoms with Crippen LogP contribution in [0.4, 0.5) is 17.1 Å². The summed E-state index contributed by atoms with van der Waals surface area (Å²) in [5.41, 5.74) is 22.7. The Morgan fingerprint density at radius 3 is 1.46 bits per heavy atom. The summed E-state index contributed by atoms with van der Waals surface area (Å²) in [6.07, 6.45) is 0. The number of fused-ring (bicyclic) bond motifs is 12. The molecule has 8 aromatic carbocycles. The van der Waals surface area contributed by atoms with Crippen molar-refractivity contribution in [2.75, 3.05) is 4.90 Å². The van der Waals surface area contributed by atoms with Crippen LogP contribution in [0.3, 0.4) is 0 Å². The molecule has 0 fully saturated rings. The minimum absolute atomic E-state index is 0.107. The van der Waals surface area contributed by atoms with Crippen LogP contribution < -0.4 is 4.90 Å². The second-order valence-corrected chi connectivity index (χ2v) is 16.6. The molecule has 2 heteroatoms. The van der Waals surface area contributed by atoms with Crippen LogP contribution in [0.15, 0.2) is 206 Å². The van der Waals surface area contributed by atoms with Gasteiger partial charge in [0.05, 0.1) is 28.2 Å². The number of hydrogen-bond donors (Lipinski definition) is 0. The average Bonchev–Trinajstić information content (AvgIpc) is 3.77. The lowest BCUT2D eigenvalue weighted by Crippen LogP contribution is -2.30. The van der Waals surface area contributed by atoms with E-state index < -0.39 is 5.41 Å². The van der Waals surface area contributed by atoms with Gasteiger partial charge in [-0.2, -0.15) is 0 Å². The molecule has 2 heterocycles. The molecule has 0 saturated heterocycles. The highest BCUT2D eigenvalue weighted by Gasteiger charge is 2.52. The Bertz CT molecular complexity index is 3040. The van der Waals surface area contributed by atoms with Gasteiger partial charge < -0.3 is 4.90 Å². The van der Waals surface area contributed by atoms with E-state index in [2.05, 4.69) is 225 Å². The van der Waals surface area contributed by atoms with Crippen molar-refractivity contribution in [2.45, 2.75) is 24.7 Å². The molecule has 0 bridgehead atoms. The Kier molecular flexibility index (Phi) is 7.22. The van der Waals surface area contributed by atoms with Gasteiger partial charge in [0, 0.05) is 22.2 Å². The third kappa shape index (κ3) is 4.72. The topological polar surface area (TPSA) is 16.1 Å². The van der Waals surface area contributed by atoms with Crippen LogP contribution in [0.1, 0.15) is 47.2 Å². The van der Waals surface area contributed by atoms with E-state index in [-0.39, 0.29) is 5.41 Å². The van der Waals surface area contributed by atoms with Crippen molar-refractivity contribution in [3.05, 3.63) is 240 Å². The van der Waals surface area contributed by atoms with E-state index in [1.165, 1.54) is 72.6 Å². The third-order valence-corrected chi connectivity index (χ3v) is 13.3. The molecule has 0 atom stereocenters. The van der Waals surface area contributed by atoms with Crippen molar-refractivity contribution < 1.29 is 0 Å². The first-order valence-corrected chi connectivity index (χ1v) is 20.6. The second kappa shape index (κ2) is 12.6. The van der Waals surface area contributed by atoms with Crippen molar-refractivity contribution in [3.8, 4) is 55.9 Å². The van der Waals surface area contributed by atoms with Gasteiger partial charge in [-0.05, 0) is 103 Å². The van der Waals surface area contributed by atoms with E-state index >= 15 is 0 Å². The smallest absolute Gasteiger partial charge is 0.0725 e. The summed E-state index contributed by atoms with van der Waals surface area (Å²) in [7, 11) is 0. The van der Waals surface area contributed by atoms with Gasteiger partial charge >= 0.3 is 0 Å². The van der Waals surface area contributed by atoms with Crippen molar-refractivity contribution >= 4 is 17.1 Å². The molecule has 0 unspecified atom stereocenters. The minimum Gasteiger partial charge on any atom is -0.310 e. The summed E-state index contributed by atoms with van der Waals surface area (Å²) in [6.45, 7) is 4.67. The number of nitrogens with zero attached hydrogens (tertiary/aromatic N) is 2. The summed E-state index contributed by atoms with van der Waals surface area (Å²) in [5.74, 6) is 0. The van der Waals surface area contributed by atoms with Crippen LogP contribution >= 0.6 is 0 Å². The largest absolute Gasteiger partial charge is 0.310 e. The fraction of sp³-hybridized carbons (Fsp3) is 0.0702. The van der Waals surface area contributed by atoms with Crippen molar-refractivity contribution in [1.82, 2.24) is 4.98 Å². The maximum Gasteiger partial charge on any atom is 0.0725 e. The van der Waals surface area contributed by atoms with Gasteiger partial charge in [0.25, 0.3) is 0 Å². The van der Waals surface area contributed by atoms with Crippen molar-refractivity contribution in [1.29, 1.82) is 0 Å². The molecular formula is C57H40N2. The summed E-state index contributed by atoms with van der Waals surface area (Å²) in [6, 6.07) is 75.9. The fourth-order valence-corrected chi connectivity index (χ4v) is 10.7. The number of anilines is 3. The predicted octanol–water partition coefficient (Wildman–Crippen LogP) is 14.5. The summed E-state index contributed by atoms with van der Waals surface area (Å²) in [5, 5.41) is 0. The molecular weight excluding hydrogens is 713 g/mol. The van der Waals surface area contributed by atoms with Gasteiger partial charge in [0.15, 0.2) is 0 Å². The standard InChI is InChI=1S/C57H40N2/c1-56(2)48-26-12-14-29-53(48)59(54-30-15-13-27-49(54)56)40-33-31-38(32-34-40)51-35-39(37-17-4-3-5-18-37)36-52(58-51)44-22-16-28-50-55(44)43-21-8-11-25-47(43)57(50)45-23-9-6-19-41(45)42-20-7-10-24-46(42)57/h3-36H,1-2H3. The van der Waals surface area contributed by atoms with E-state index in [0.717, 1.165) is 33.8 Å². The van der Waals surface area contributed by atoms with Gasteiger partial charge in [-0.3, -0.25) is 0 Å². The summed E-state index contributed by atoms with van der Waals surface area (Å²) >= 11 is 0. The Balaban J connectivity index is 1.04. The summed E-state index contributed by atoms with van der Waals surface area (Å²) < 4.78 is 0. The Morgan fingerprint density at radius 1 is 0.356 bits per heavy atom. The minimum atomic E-state index is -0.411. The number of hydrogen-bond acceptors (Lipinski definition) is 2. The Morgan fingerprint density at radius 2 is 0.831 bits per heavy atom. The highest BCUT2D eigenvalue weighted by molar-refractivity contribution is 6.00. The van der Waals surface area contributed by atoms with Gasteiger partial charge in [0.2, 0.25) is 0 Å². The monoisotopic (exact) mass is 752 g/mol. The van der Waals surface area contributed by atoms with E-state index in [4.69, 9.17) is 4.98 Å². The molecule has 3 aliphatic rings. The normalized spacial score (nSPS) is 14.5. The van der Waals surface area contributed by atoms with Crippen LogP contribution in [-0.4, -0.2) is 4.98 Å². The molecule has 0 saturated carbocycles. The summed E-state index contributed by atoms with van der Waals surface area (Å²) in [4.78, 5) is 7.99. The number of rotatable bonds is 4. The molecule has 59 heavy (non-hydrogen) atoms. The van der Waals surface area contributed by atoms with Crippen LogP contribution in [-0.2, 0) is 10.8 Å². The van der Waals surface area contributed by atoms with Gasteiger partial charge in [-0.25, -0.2) is 4.98 Å². The number of benzene rings is 8. The SMILES string of the molecule is CC1(C)c2ccccc2N(c2ccc(-c3cc(-c4ccccc4)cc(-c4cccc5c4-c4ccccc4C54c5ccccc5-c5ccccc54)n3)cc2)c2ccccc21. The molecule has 1 spiro atoms. The molecule has 0 N–H and O–H groups in total. The van der Waals surface area contributed by atoms with E-state index in [1.807, 2.05) is 0 Å². The lowest BCUT2D eigenvalue weighted by molar-refractivity contribution is 0.632. The quantitative estimate of drug-likeness (QED) is 0.178. The lowest BCUT2D eigenvalue weighted by Gasteiger charge is -2.42. The molecule has 0 amide bonds. The van der Waals surface area contributed by atoms with Crippen LogP contribution in [0.25, 0.3) is 55.9 Å². The van der Waals surface area contributed by atoms with Crippen LogP contribution in [0.5, 0.6) is 0 Å². The highest BCUT2D eigenvalue weighted by atomic mass is 15.2. The van der Waals surface area contributed by atoms with E-state index in [0.29, 0.717) is 0 Å². The Labute approximate surface area is 345 Å². The molecule has 2 nitrogen and oxygen atoms in total. The van der Waals surface area contributed by atoms with Gasteiger partial charge in [-0.1, -0.05) is 184 Å². The molecule has 1 aliphatic heterocycles. The number of para-hydroxylation sites is 2.